The predicted octanol–water partition coefficient (Wildman–Crippen LogP) is 4.33. The molecular weight excluding hydrogens is 272 g/mol. The average molecular weight is 296 g/mol. The summed E-state index contributed by atoms with van der Waals surface area (Å²) < 4.78 is 0. The molecule has 1 fully saturated rings. The van der Waals surface area contributed by atoms with Gasteiger partial charge >= 0.3 is 0 Å². The maximum Gasteiger partial charge on any atom is 0.269 e. The number of fused-ring (bicyclic) bond motifs is 1. The Bertz CT molecular complexity index is 630. The number of pyridine rings is 1. The number of aromatic nitrogens is 1. The van der Waals surface area contributed by atoms with Crippen LogP contribution in [-0.4, -0.2) is 17.4 Å². The quantitative estimate of drug-likeness (QED) is 0.916. The van der Waals surface area contributed by atoms with Crippen LogP contribution in [0.4, 0.5) is 0 Å². The summed E-state index contributed by atoms with van der Waals surface area (Å²) in [6, 6.07) is 11.7. The molecule has 1 amide bonds. The van der Waals surface area contributed by atoms with Gasteiger partial charge in [-0.1, -0.05) is 56.4 Å². The zero-order valence-electron chi connectivity index (χ0n) is 13.1. The summed E-state index contributed by atoms with van der Waals surface area (Å²) in [5.74, 6) is 0.581. The summed E-state index contributed by atoms with van der Waals surface area (Å²) in [5, 5.41) is 4.15. The van der Waals surface area contributed by atoms with Crippen LogP contribution >= 0.6 is 0 Å². The average Bonchev–Trinajstić information content (AvgIpc) is 2.53. The van der Waals surface area contributed by atoms with Crippen molar-refractivity contribution in [1.82, 2.24) is 10.3 Å². The number of amides is 1. The summed E-state index contributed by atoms with van der Waals surface area (Å²) in [5.41, 5.74) is 1.39. The Morgan fingerprint density at radius 1 is 1.00 bits per heavy atom. The largest absolute Gasteiger partial charge is 0.350 e. The molecule has 2 aromatic rings. The van der Waals surface area contributed by atoms with Crippen LogP contribution in [0.2, 0.25) is 0 Å². The third-order valence-corrected chi connectivity index (χ3v) is 4.61. The molecule has 116 valence electrons. The minimum Gasteiger partial charge on any atom is -0.350 e. The first-order valence-electron chi connectivity index (χ1n) is 8.47. The van der Waals surface area contributed by atoms with Gasteiger partial charge in [0.05, 0.1) is 5.52 Å². The van der Waals surface area contributed by atoms with Crippen molar-refractivity contribution in [3.63, 3.8) is 0 Å². The number of hydrogen-bond acceptors (Lipinski definition) is 2. The van der Waals surface area contributed by atoms with Crippen LogP contribution in [0.5, 0.6) is 0 Å². The van der Waals surface area contributed by atoms with E-state index in [-0.39, 0.29) is 5.91 Å². The summed E-state index contributed by atoms with van der Waals surface area (Å²) in [4.78, 5) is 16.8. The first kappa shape index (κ1) is 15.0. The highest BCUT2D eigenvalue weighted by atomic mass is 16.1. The Morgan fingerprint density at radius 3 is 2.55 bits per heavy atom. The molecule has 3 heteroatoms. The monoisotopic (exact) mass is 296 g/mol. The lowest BCUT2D eigenvalue weighted by atomic mass is 9.91. The van der Waals surface area contributed by atoms with E-state index in [9.17, 15) is 4.79 Å². The van der Waals surface area contributed by atoms with Crippen molar-refractivity contribution in [3.05, 3.63) is 42.1 Å². The molecule has 22 heavy (non-hydrogen) atoms. The fourth-order valence-electron chi connectivity index (χ4n) is 3.26. The van der Waals surface area contributed by atoms with Crippen LogP contribution in [0, 0.1) is 5.92 Å². The molecule has 1 aliphatic rings. The SMILES string of the molecule is O=C(NCC1CCCCCCC1)c1ccc2ccccc2n1. The highest BCUT2D eigenvalue weighted by Gasteiger charge is 2.14. The van der Waals surface area contributed by atoms with Crippen LogP contribution in [0.15, 0.2) is 36.4 Å². The number of nitrogens with one attached hydrogen (secondary N) is 1. The molecule has 1 aliphatic carbocycles. The zero-order chi connectivity index (χ0) is 15.2. The van der Waals surface area contributed by atoms with E-state index in [2.05, 4.69) is 10.3 Å². The second-order valence-electron chi connectivity index (χ2n) is 6.31. The minimum absolute atomic E-state index is 0.0483. The number of carbonyl (C=O) groups excluding carboxylic acids is 1. The molecule has 0 spiro atoms. The molecule has 0 saturated heterocycles. The van der Waals surface area contributed by atoms with Gasteiger partial charge in [-0.3, -0.25) is 4.79 Å². The molecule has 0 radical (unpaired) electrons. The van der Waals surface area contributed by atoms with E-state index in [1.165, 1.54) is 44.9 Å². The summed E-state index contributed by atoms with van der Waals surface area (Å²) >= 11 is 0. The number of rotatable bonds is 3. The maximum absolute atomic E-state index is 12.3. The topological polar surface area (TPSA) is 42.0 Å². The lowest BCUT2D eigenvalue weighted by molar-refractivity contribution is 0.0940. The lowest BCUT2D eigenvalue weighted by Crippen LogP contribution is -2.30. The highest BCUT2D eigenvalue weighted by Crippen LogP contribution is 2.21. The van der Waals surface area contributed by atoms with Crippen molar-refractivity contribution in [2.45, 2.75) is 44.9 Å². The van der Waals surface area contributed by atoms with E-state index in [1.807, 2.05) is 36.4 Å². The number of para-hydroxylation sites is 1. The normalized spacial score (nSPS) is 16.9. The lowest BCUT2D eigenvalue weighted by Gasteiger charge is -2.19. The molecule has 0 bridgehead atoms. The van der Waals surface area contributed by atoms with Crippen molar-refractivity contribution in [3.8, 4) is 0 Å². The molecule has 1 saturated carbocycles. The molecule has 1 heterocycles. The summed E-state index contributed by atoms with van der Waals surface area (Å²) in [6.07, 6.45) is 9.15. The molecule has 1 N–H and O–H groups in total. The Morgan fingerprint density at radius 2 is 1.73 bits per heavy atom. The van der Waals surface area contributed by atoms with Gasteiger partial charge in [0.1, 0.15) is 5.69 Å². The number of nitrogens with zero attached hydrogens (tertiary/aromatic N) is 1. The Hall–Kier alpha value is -1.90. The van der Waals surface area contributed by atoms with E-state index in [0.717, 1.165) is 17.4 Å². The predicted molar refractivity (Wildman–Crippen MR) is 89.9 cm³/mol. The van der Waals surface area contributed by atoms with Gasteiger partial charge in [-0.05, 0) is 30.9 Å². The number of benzene rings is 1. The Balaban J connectivity index is 1.60. The van der Waals surface area contributed by atoms with Crippen molar-refractivity contribution in [2.75, 3.05) is 6.54 Å². The van der Waals surface area contributed by atoms with Gasteiger partial charge in [0.15, 0.2) is 0 Å². The van der Waals surface area contributed by atoms with E-state index in [4.69, 9.17) is 0 Å². The fourth-order valence-corrected chi connectivity index (χ4v) is 3.26. The van der Waals surface area contributed by atoms with Crippen molar-refractivity contribution < 1.29 is 4.79 Å². The van der Waals surface area contributed by atoms with Crippen molar-refractivity contribution in [1.29, 1.82) is 0 Å². The Labute approximate surface area is 132 Å². The zero-order valence-corrected chi connectivity index (χ0v) is 13.1. The molecule has 0 atom stereocenters. The van der Waals surface area contributed by atoms with Gasteiger partial charge in [-0.25, -0.2) is 4.98 Å². The van der Waals surface area contributed by atoms with Gasteiger partial charge in [0, 0.05) is 11.9 Å². The van der Waals surface area contributed by atoms with E-state index in [0.29, 0.717) is 11.6 Å². The van der Waals surface area contributed by atoms with Crippen LogP contribution in [0.25, 0.3) is 10.9 Å². The van der Waals surface area contributed by atoms with Gasteiger partial charge in [-0.2, -0.15) is 0 Å². The van der Waals surface area contributed by atoms with Crippen LogP contribution in [0.1, 0.15) is 55.4 Å². The van der Waals surface area contributed by atoms with E-state index >= 15 is 0 Å². The third-order valence-electron chi connectivity index (χ3n) is 4.61. The third kappa shape index (κ3) is 3.85. The molecule has 0 unspecified atom stereocenters. The maximum atomic E-state index is 12.3. The molecule has 3 rings (SSSR count). The highest BCUT2D eigenvalue weighted by molar-refractivity contribution is 5.94. The molecule has 3 nitrogen and oxygen atoms in total. The second kappa shape index (κ2) is 7.39. The number of carbonyl (C=O) groups is 1. The molecule has 1 aromatic carbocycles. The second-order valence-corrected chi connectivity index (χ2v) is 6.31. The standard InChI is InChI=1S/C19H24N2O/c22-19(20-14-15-8-4-2-1-3-5-9-15)18-13-12-16-10-6-7-11-17(16)21-18/h6-7,10-13,15H,1-5,8-9,14H2,(H,20,22). The fraction of sp³-hybridized carbons (Fsp3) is 0.474. The summed E-state index contributed by atoms with van der Waals surface area (Å²) in [7, 11) is 0. The Kier molecular flexibility index (Phi) is 5.04. The van der Waals surface area contributed by atoms with Crippen molar-refractivity contribution in [2.24, 2.45) is 5.92 Å². The summed E-state index contributed by atoms with van der Waals surface area (Å²) in [6.45, 7) is 0.785. The van der Waals surface area contributed by atoms with E-state index < -0.39 is 0 Å². The first-order valence-corrected chi connectivity index (χ1v) is 8.47. The minimum atomic E-state index is -0.0483. The smallest absolute Gasteiger partial charge is 0.269 e. The van der Waals surface area contributed by atoms with Gasteiger partial charge in [0.25, 0.3) is 5.91 Å². The molecule has 1 aromatic heterocycles. The van der Waals surface area contributed by atoms with Gasteiger partial charge in [0.2, 0.25) is 0 Å². The number of hydrogen-bond donors (Lipinski definition) is 1. The van der Waals surface area contributed by atoms with Crippen LogP contribution in [-0.2, 0) is 0 Å². The van der Waals surface area contributed by atoms with Crippen LogP contribution < -0.4 is 5.32 Å². The van der Waals surface area contributed by atoms with E-state index in [1.54, 1.807) is 0 Å². The van der Waals surface area contributed by atoms with Crippen LogP contribution in [0.3, 0.4) is 0 Å². The van der Waals surface area contributed by atoms with Crippen molar-refractivity contribution >= 4 is 16.8 Å². The first-order chi connectivity index (χ1) is 10.8. The molecule has 0 aliphatic heterocycles. The van der Waals surface area contributed by atoms with Gasteiger partial charge < -0.3 is 5.32 Å². The van der Waals surface area contributed by atoms with Gasteiger partial charge in [-0.15, -0.1) is 0 Å². The molecular formula is C19H24N2O.